The lowest BCUT2D eigenvalue weighted by Crippen LogP contribution is -2.00. The van der Waals surface area contributed by atoms with Gasteiger partial charge in [-0.2, -0.15) is 5.10 Å². The number of anilines is 2. The SMILES string of the molecule is Cn1nccc1Nc1cc(-c2cc[nH]c(=S)c2)ccn1. The minimum Gasteiger partial charge on any atom is -0.353 e. The van der Waals surface area contributed by atoms with Crippen LogP contribution in [0.3, 0.4) is 0 Å². The van der Waals surface area contributed by atoms with Crippen LogP contribution in [-0.2, 0) is 7.05 Å². The summed E-state index contributed by atoms with van der Waals surface area (Å²) < 4.78 is 2.47. The molecule has 0 spiro atoms. The standard InChI is InChI=1S/C14H13N5S/c1-19-13(4-7-17-19)18-12-8-10(2-5-15-12)11-3-6-16-14(20)9-11/h2-9H,1H3,(H,15,18)(H,16,20). The Morgan fingerprint density at radius 1 is 1.15 bits per heavy atom. The third kappa shape index (κ3) is 2.60. The average Bonchev–Trinajstić information content (AvgIpc) is 2.85. The van der Waals surface area contributed by atoms with Crippen molar-refractivity contribution in [1.82, 2.24) is 19.7 Å². The van der Waals surface area contributed by atoms with Gasteiger partial charge in [0.15, 0.2) is 0 Å². The summed E-state index contributed by atoms with van der Waals surface area (Å²) in [6, 6.07) is 9.75. The van der Waals surface area contributed by atoms with E-state index in [2.05, 4.69) is 20.4 Å². The first kappa shape index (κ1) is 12.6. The maximum atomic E-state index is 5.14. The largest absolute Gasteiger partial charge is 0.353 e. The number of rotatable bonds is 3. The van der Waals surface area contributed by atoms with Gasteiger partial charge in [0.1, 0.15) is 16.3 Å². The molecule has 3 aromatic heterocycles. The molecule has 20 heavy (non-hydrogen) atoms. The van der Waals surface area contributed by atoms with Crippen molar-refractivity contribution in [2.75, 3.05) is 5.32 Å². The van der Waals surface area contributed by atoms with Gasteiger partial charge in [0.2, 0.25) is 0 Å². The lowest BCUT2D eigenvalue weighted by molar-refractivity contribution is 0.776. The summed E-state index contributed by atoms with van der Waals surface area (Å²) in [6.07, 6.45) is 5.35. The number of nitrogens with zero attached hydrogens (tertiary/aromatic N) is 3. The van der Waals surface area contributed by atoms with Crippen LogP contribution in [0, 0.1) is 4.64 Å². The molecule has 0 unspecified atom stereocenters. The van der Waals surface area contributed by atoms with Crippen LogP contribution in [0.2, 0.25) is 0 Å². The normalized spacial score (nSPS) is 10.4. The summed E-state index contributed by atoms with van der Waals surface area (Å²) in [4.78, 5) is 7.29. The summed E-state index contributed by atoms with van der Waals surface area (Å²) in [5.41, 5.74) is 2.12. The molecule has 0 radical (unpaired) electrons. The van der Waals surface area contributed by atoms with Crippen molar-refractivity contribution in [2.24, 2.45) is 7.05 Å². The third-order valence-corrected chi connectivity index (χ3v) is 3.18. The van der Waals surface area contributed by atoms with Gasteiger partial charge in [-0.3, -0.25) is 4.68 Å². The Kier molecular flexibility index (Phi) is 3.30. The second-order valence-electron chi connectivity index (χ2n) is 4.34. The van der Waals surface area contributed by atoms with Crippen LogP contribution in [0.1, 0.15) is 0 Å². The molecule has 0 fully saturated rings. The van der Waals surface area contributed by atoms with Crippen LogP contribution in [-0.4, -0.2) is 19.7 Å². The molecular weight excluding hydrogens is 270 g/mol. The van der Waals surface area contributed by atoms with Crippen LogP contribution >= 0.6 is 12.2 Å². The highest BCUT2D eigenvalue weighted by Gasteiger charge is 2.03. The lowest BCUT2D eigenvalue weighted by Gasteiger charge is -2.07. The van der Waals surface area contributed by atoms with Crippen LogP contribution in [0.4, 0.5) is 11.6 Å². The van der Waals surface area contributed by atoms with Gasteiger partial charge in [-0.15, -0.1) is 0 Å². The van der Waals surface area contributed by atoms with E-state index in [0.29, 0.717) is 4.64 Å². The van der Waals surface area contributed by atoms with Gasteiger partial charge >= 0.3 is 0 Å². The van der Waals surface area contributed by atoms with Crippen molar-refractivity contribution in [1.29, 1.82) is 0 Å². The summed E-state index contributed by atoms with van der Waals surface area (Å²) in [6.45, 7) is 0. The molecule has 0 aromatic carbocycles. The van der Waals surface area contributed by atoms with E-state index in [1.807, 2.05) is 43.6 Å². The number of hydrogen-bond acceptors (Lipinski definition) is 4. The summed E-state index contributed by atoms with van der Waals surface area (Å²) in [5, 5.41) is 7.35. The predicted molar refractivity (Wildman–Crippen MR) is 81.3 cm³/mol. The molecule has 100 valence electrons. The Bertz CT molecular complexity index is 790. The van der Waals surface area contributed by atoms with E-state index in [0.717, 1.165) is 22.8 Å². The van der Waals surface area contributed by atoms with Crippen molar-refractivity contribution in [3.05, 3.63) is 53.6 Å². The Morgan fingerprint density at radius 3 is 2.75 bits per heavy atom. The highest BCUT2D eigenvalue weighted by molar-refractivity contribution is 7.71. The maximum absolute atomic E-state index is 5.14. The number of aromatic amines is 1. The molecule has 0 saturated carbocycles. The van der Waals surface area contributed by atoms with Crippen molar-refractivity contribution in [2.45, 2.75) is 0 Å². The van der Waals surface area contributed by atoms with Crippen molar-refractivity contribution in [3.8, 4) is 11.1 Å². The molecular formula is C14H13N5S. The molecule has 0 atom stereocenters. The summed E-state index contributed by atoms with van der Waals surface area (Å²) in [7, 11) is 1.88. The van der Waals surface area contributed by atoms with Crippen LogP contribution in [0.15, 0.2) is 48.9 Å². The quantitative estimate of drug-likeness (QED) is 0.724. The smallest absolute Gasteiger partial charge is 0.132 e. The van der Waals surface area contributed by atoms with Gasteiger partial charge in [0.25, 0.3) is 0 Å². The lowest BCUT2D eigenvalue weighted by atomic mass is 10.1. The molecule has 0 aliphatic heterocycles. The fourth-order valence-corrected chi connectivity index (χ4v) is 2.13. The van der Waals surface area contributed by atoms with E-state index in [-0.39, 0.29) is 0 Å². The van der Waals surface area contributed by atoms with E-state index < -0.39 is 0 Å². The van der Waals surface area contributed by atoms with Crippen molar-refractivity contribution >= 4 is 23.9 Å². The number of aryl methyl sites for hydroxylation is 1. The molecule has 0 bridgehead atoms. The first-order valence-corrected chi connectivity index (χ1v) is 6.53. The molecule has 2 N–H and O–H groups in total. The van der Waals surface area contributed by atoms with Gasteiger partial charge in [0.05, 0.1) is 6.20 Å². The topological polar surface area (TPSA) is 58.5 Å². The van der Waals surface area contributed by atoms with Crippen LogP contribution in [0.25, 0.3) is 11.1 Å². The second-order valence-corrected chi connectivity index (χ2v) is 4.78. The molecule has 0 aliphatic carbocycles. The van der Waals surface area contributed by atoms with Crippen molar-refractivity contribution < 1.29 is 0 Å². The summed E-state index contributed by atoms with van der Waals surface area (Å²) >= 11 is 5.14. The first-order valence-electron chi connectivity index (χ1n) is 6.12. The van der Waals surface area contributed by atoms with Crippen LogP contribution < -0.4 is 5.32 Å². The van der Waals surface area contributed by atoms with E-state index >= 15 is 0 Å². The Balaban J connectivity index is 1.94. The van der Waals surface area contributed by atoms with Gasteiger partial charge in [-0.1, -0.05) is 12.2 Å². The maximum Gasteiger partial charge on any atom is 0.132 e. The second kappa shape index (κ2) is 5.26. The first-order chi connectivity index (χ1) is 9.72. The highest BCUT2D eigenvalue weighted by Crippen LogP contribution is 2.22. The van der Waals surface area contributed by atoms with E-state index in [9.17, 15) is 0 Å². The molecule has 0 amide bonds. The van der Waals surface area contributed by atoms with E-state index in [1.165, 1.54) is 0 Å². The Labute approximate surface area is 121 Å². The van der Waals surface area contributed by atoms with E-state index in [1.54, 1.807) is 17.1 Å². The fourth-order valence-electron chi connectivity index (χ4n) is 1.93. The van der Waals surface area contributed by atoms with E-state index in [4.69, 9.17) is 12.2 Å². The minimum atomic E-state index is 0.709. The average molecular weight is 283 g/mol. The Hall–Kier alpha value is -2.47. The van der Waals surface area contributed by atoms with Gasteiger partial charge in [-0.25, -0.2) is 4.98 Å². The number of nitrogens with one attached hydrogen (secondary N) is 2. The molecule has 0 aliphatic rings. The number of aromatic nitrogens is 4. The van der Waals surface area contributed by atoms with Crippen LogP contribution in [0.5, 0.6) is 0 Å². The van der Waals surface area contributed by atoms with Gasteiger partial charge in [0, 0.05) is 25.5 Å². The fraction of sp³-hybridized carbons (Fsp3) is 0.0714. The molecule has 3 rings (SSSR count). The number of H-pyrrole nitrogens is 1. The summed E-state index contributed by atoms with van der Waals surface area (Å²) in [5.74, 6) is 1.66. The Morgan fingerprint density at radius 2 is 2.00 bits per heavy atom. The monoisotopic (exact) mass is 283 g/mol. The predicted octanol–water partition coefficient (Wildman–Crippen LogP) is 3.28. The number of pyridine rings is 2. The zero-order valence-electron chi connectivity index (χ0n) is 10.9. The van der Waals surface area contributed by atoms with Crippen molar-refractivity contribution in [3.63, 3.8) is 0 Å². The van der Waals surface area contributed by atoms with Gasteiger partial charge in [-0.05, 0) is 35.4 Å². The number of hydrogen-bond donors (Lipinski definition) is 2. The zero-order valence-corrected chi connectivity index (χ0v) is 11.7. The zero-order chi connectivity index (χ0) is 13.9. The molecule has 5 nitrogen and oxygen atoms in total. The third-order valence-electron chi connectivity index (χ3n) is 2.95. The molecule has 3 heterocycles. The molecule has 0 saturated heterocycles. The minimum absolute atomic E-state index is 0.709. The molecule has 3 aromatic rings. The highest BCUT2D eigenvalue weighted by atomic mass is 32.1. The van der Waals surface area contributed by atoms with Gasteiger partial charge < -0.3 is 10.3 Å². The molecule has 6 heteroatoms.